The fourth-order valence-corrected chi connectivity index (χ4v) is 1.67. The van der Waals surface area contributed by atoms with Gasteiger partial charge in [0.15, 0.2) is 0 Å². The third-order valence-electron chi connectivity index (χ3n) is 2.19. The van der Waals surface area contributed by atoms with Crippen molar-refractivity contribution >= 4 is 39.9 Å². The number of hydrogen-bond acceptors (Lipinski definition) is 2. The topological polar surface area (TPSA) is 41.1 Å². The third-order valence-corrected chi connectivity index (χ3v) is 2.68. The summed E-state index contributed by atoms with van der Waals surface area (Å²) in [5.41, 5.74) is 0.810. The Morgan fingerprint density at radius 3 is 2.76 bits per heavy atom. The predicted octanol–water partition coefficient (Wildman–Crippen LogP) is 3.20. The monoisotopic (exact) mass is 320 g/mol. The average molecular weight is 322 g/mol. The van der Waals surface area contributed by atoms with Gasteiger partial charge >= 0.3 is 0 Å². The largest absolute Gasteiger partial charge is 0.325 e. The zero-order valence-electron chi connectivity index (χ0n) is 10.00. The SMILES string of the molecule is CCCNC(C)C(=O)Nc1cccc(Br)c1.Cl. The van der Waals surface area contributed by atoms with Crippen molar-refractivity contribution in [1.82, 2.24) is 5.32 Å². The minimum atomic E-state index is -0.168. The highest BCUT2D eigenvalue weighted by molar-refractivity contribution is 9.10. The Labute approximate surface area is 117 Å². The van der Waals surface area contributed by atoms with E-state index in [1.165, 1.54) is 0 Å². The van der Waals surface area contributed by atoms with Crippen molar-refractivity contribution in [3.63, 3.8) is 0 Å². The standard InChI is InChI=1S/C12H17BrN2O.ClH/c1-3-7-14-9(2)12(16)15-11-6-4-5-10(13)8-11;/h4-6,8-9,14H,3,7H2,1-2H3,(H,15,16);1H. The summed E-state index contributed by atoms with van der Waals surface area (Å²) >= 11 is 3.36. The van der Waals surface area contributed by atoms with Crippen LogP contribution >= 0.6 is 28.3 Å². The summed E-state index contributed by atoms with van der Waals surface area (Å²) in [4.78, 5) is 11.7. The lowest BCUT2D eigenvalue weighted by Gasteiger charge is -2.13. The van der Waals surface area contributed by atoms with Gasteiger partial charge in [0, 0.05) is 10.2 Å². The van der Waals surface area contributed by atoms with Crippen molar-refractivity contribution in [3.8, 4) is 0 Å². The summed E-state index contributed by atoms with van der Waals surface area (Å²) < 4.78 is 0.958. The van der Waals surface area contributed by atoms with E-state index in [1.54, 1.807) is 0 Å². The maximum atomic E-state index is 11.7. The highest BCUT2D eigenvalue weighted by Crippen LogP contribution is 2.15. The normalized spacial score (nSPS) is 11.5. The molecular formula is C12H18BrClN2O. The fraction of sp³-hybridized carbons (Fsp3) is 0.417. The van der Waals surface area contributed by atoms with Crippen LogP contribution in [-0.4, -0.2) is 18.5 Å². The molecule has 0 saturated heterocycles. The van der Waals surface area contributed by atoms with E-state index in [-0.39, 0.29) is 24.4 Å². The molecule has 0 aliphatic carbocycles. The van der Waals surface area contributed by atoms with Crippen LogP contribution in [0.3, 0.4) is 0 Å². The summed E-state index contributed by atoms with van der Waals surface area (Å²) in [5, 5.41) is 6.00. The number of anilines is 1. The van der Waals surface area contributed by atoms with Crippen LogP contribution in [0.25, 0.3) is 0 Å². The Hall–Kier alpha value is -0.580. The minimum Gasteiger partial charge on any atom is -0.325 e. The molecule has 96 valence electrons. The van der Waals surface area contributed by atoms with E-state index in [9.17, 15) is 4.79 Å². The van der Waals surface area contributed by atoms with E-state index >= 15 is 0 Å². The van der Waals surface area contributed by atoms with Gasteiger partial charge in [-0.1, -0.05) is 28.9 Å². The van der Waals surface area contributed by atoms with Gasteiger partial charge in [-0.25, -0.2) is 0 Å². The molecule has 0 saturated carbocycles. The number of rotatable bonds is 5. The summed E-state index contributed by atoms with van der Waals surface area (Å²) in [7, 11) is 0. The summed E-state index contributed by atoms with van der Waals surface area (Å²) in [6.45, 7) is 4.79. The van der Waals surface area contributed by atoms with Gasteiger partial charge < -0.3 is 10.6 Å². The van der Waals surface area contributed by atoms with Crippen molar-refractivity contribution in [2.24, 2.45) is 0 Å². The van der Waals surface area contributed by atoms with E-state index in [2.05, 4.69) is 33.5 Å². The van der Waals surface area contributed by atoms with Crippen LogP contribution in [0, 0.1) is 0 Å². The molecule has 0 bridgehead atoms. The smallest absolute Gasteiger partial charge is 0.241 e. The van der Waals surface area contributed by atoms with Gasteiger partial charge in [-0.05, 0) is 38.1 Å². The molecule has 0 aliphatic rings. The lowest BCUT2D eigenvalue weighted by Crippen LogP contribution is -2.38. The van der Waals surface area contributed by atoms with Crippen LogP contribution in [-0.2, 0) is 4.79 Å². The van der Waals surface area contributed by atoms with Crippen LogP contribution in [0.1, 0.15) is 20.3 Å². The lowest BCUT2D eigenvalue weighted by atomic mass is 10.2. The number of hydrogen-bond donors (Lipinski definition) is 2. The van der Waals surface area contributed by atoms with E-state index in [0.29, 0.717) is 0 Å². The van der Waals surface area contributed by atoms with Gasteiger partial charge in [0.25, 0.3) is 0 Å². The highest BCUT2D eigenvalue weighted by atomic mass is 79.9. The first kappa shape index (κ1) is 16.4. The second-order valence-corrected chi connectivity index (χ2v) is 4.59. The van der Waals surface area contributed by atoms with Crippen molar-refractivity contribution in [2.45, 2.75) is 26.3 Å². The quantitative estimate of drug-likeness (QED) is 0.874. The summed E-state index contributed by atoms with van der Waals surface area (Å²) in [6, 6.07) is 7.40. The Bertz CT molecular complexity index is 360. The van der Waals surface area contributed by atoms with Crippen molar-refractivity contribution < 1.29 is 4.79 Å². The number of carbonyl (C=O) groups excluding carboxylic acids is 1. The zero-order chi connectivity index (χ0) is 12.0. The molecule has 1 aromatic carbocycles. The zero-order valence-corrected chi connectivity index (χ0v) is 12.4. The van der Waals surface area contributed by atoms with Crippen molar-refractivity contribution in [2.75, 3.05) is 11.9 Å². The molecule has 0 aliphatic heterocycles. The maximum Gasteiger partial charge on any atom is 0.241 e. The number of nitrogens with one attached hydrogen (secondary N) is 2. The number of benzene rings is 1. The molecule has 0 radical (unpaired) electrons. The van der Waals surface area contributed by atoms with Crippen LogP contribution in [0.4, 0.5) is 5.69 Å². The Balaban J connectivity index is 0.00000256. The average Bonchev–Trinajstić information content (AvgIpc) is 2.25. The van der Waals surface area contributed by atoms with E-state index in [0.717, 1.165) is 23.1 Å². The molecule has 5 heteroatoms. The predicted molar refractivity (Wildman–Crippen MR) is 77.8 cm³/mol. The molecule has 1 rings (SSSR count). The van der Waals surface area contributed by atoms with E-state index in [1.807, 2.05) is 31.2 Å². The third kappa shape index (κ3) is 6.05. The first-order valence-electron chi connectivity index (χ1n) is 5.43. The Kier molecular flexibility index (Phi) is 8.21. The Morgan fingerprint density at radius 2 is 2.18 bits per heavy atom. The molecule has 0 aromatic heterocycles. The molecule has 1 aromatic rings. The van der Waals surface area contributed by atoms with Crippen LogP contribution in [0.2, 0.25) is 0 Å². The summed E-state index contributed by atoms with van der Waals surface area (Å²) in [5.74, 6) is -0.00782. The van der Waals surface area contributed by atoms with Crippen LogP contribution < -0.4 is 10.6 Å². The summed E-state index contributed by atoms with van der Waals surface area (Å²) in [6.07, 6.45) is 1.02. The van der Waals surface area contributed by atoms with Crippen LogP contribution in [0.5, 0.6) is 0 Å². The van der Waals surface area contributed by atoms with Gasteiger partial charge in [0.1, 0.15) is 0 Å². The van der Waals surface area contributed by atoms with E-state index < -0.39 is 0 Å². The van der Waals surface area contributed by atoms with Gasteiger partial charge in [-0.2, -0.15) is 0 Å². The first-order chi connectivity index (χ1) is 7.63. The number of carbonyl (C=O) groups is 1. The maximum absolute atomic E-state index is 11.7. The second kappa shape index (κ2) is 8.50. The van der Waals surface area contributed by atoms with Gasteiger partial charge in [-0.15, -0.1) is 12.4 Å². The molecule has 1 atom stereocenters. The minimum absolute atomic E-state index is 0. The molecule has 0 heterocycles. The lowest BCUT2D eigenvalue weighted by molar-refractivity contribution is -0.117. The molecule has 3 nitrogen and oxygen atoms in total. The first-order valence-corrected chi connectivity index (χ1v) is 6.22. The molecule has 17 heavy (non-hydrogen) atoms. The molecule has 0 spiro atoms. The van der Waals surface area contributed by atoms with E-state index in [4.69, 9.17) is 0 Å². The second-order valence-electron chi connectivity index (χ2n) is 3.68. The molecular weight excluding hydrogens is 304 g/mol. The number of halogens is 2. The Morgan fingerprint density at radius 1 is 1.47 bits per heavy atom. The van der Waals surface area contributed by atoms with Crippen molar-refractivity contribution in [3.05, 3.63) is 28.7 Å². The highest BCUT2D eigenvalue weighted by Gasteiger charge is 2.11. The molecule has 1 unspecified atom stereocenters. The van der Waals surface area contributed by atoms with Gasteiger partial charge in [0.05, 0.1) is 6.04 Å². The number of amides is 1. The molecule has 0 fully saturated rings. The molecule has 2 N–H and O–H groups in total. The van der Waals surface area contributed by atoms with Gasteiger partial charge in [-0.3, -0.25) is 4.79 Å². The van der Waals surface area contributed by atoms with Crippen molar-refractivity contribution in [1.29, 1.82) is 0 Å². The molecule has 1 amide bonds. The fourth-order valence-electron chi connectivity index (χ4n) is 1.27. The van der Waals surface area contributed by atoms with Gasteiger partial charge in [0.2, 0.25) is 5.91 Å². The van der Waals surface area contributed by atoms with Crippen LogP contribution in [0.15, 0.2) is 28.7 Å².